The van der Waals surface area contributed by atoms with E-state index < -0.39 is 16.1 Å². The van der Waals surface area contributed by atoms with Crippen LogP contribution in [-0.4, -0.2) is 101 Å². The van der Waals surface area contributed by atoms with Crippen molar-refractivity contribution in [2.75, 3.05) is 0 Å². The molecule has 0 saturated carbocycles. The van der Waals surface area contributed by atoms with Gasteiger partial charge in [0.15, 0.2) is 0 Å². The van der Waals surface area contributed by atoms with E-state index in [-0.39, 0.29) is 22.0 Å². The molecule has 0 aromatic heterocycles. The molecule has 4 nitrogen and oxygen atoms in total. The Hall–Kier alpha value is -0.411. The van der Waals surface area contributed by atoms with E-state index in [1.54, 1.807) is 15.7 Å². The van der Waals surface area contributed by atoms with E-state index in [2.05, 4.69) is 65.6 Å². The van der Waals surface area contributed by atoms with Crippen LogP contribution in [-0.2, 0) is 9.59 Å². The zero-order valence-electron chi connectivity index (χ0n) is 15.3. The van der Waals surface area contributed by atoms with Crippen LogP contribution >= 0.6 is 0 Å². The maximum Gasteiger partial charge on any atom is 0.236 e. The molecule has 0 spiro atoms. The predicted molar refractivity (Wildman–Crippen MR) is 115 cm³/mol. The summed E-state index contributed by atoms with van der Waals surface area (Å²) in [7, 11) is 20.2. The van der Waals surface area contributed by atoms with Crippen molar-refractivity contribution >= 4 is 90.3 Å². The number of piperazine rings is 1. The molecular weight excluding hydrogens is 252 g/mol. The lowest BCUT2D eigenvalue weighted by Gasteiger charge is -2.64. The van der Waals surface area contributed by atoms with Gasteiger partial charge in [0.05, 0.1) is 57.9 Å². The van der Waals surface area contributed by atoms with Crippen molar-refractivity contribution in [3.8, 4) is 0 Å². The van der Waals surface area contributed by atoms with Crippen LogP contribution in [0.2, 0.25) is 15.5 Å². The largest absolute Gasteiger partial charge is 0.356 e. The first-order valence-corrected chi connectivity index (χ1v) is 7.66. The molecule has 1 aliphatic heterocycles. The zero-order valence-corrected chi connectivity index (χ0v) is 15.3. The van der Waals surface area contributed by atoms with E-state index in [1.165, 1.54) is 0 Å². The monoisotopic (exact) mass is 276 g/mol. The second kappa shape index (κ2) is 4.79. The highest BCUT2D eigenvalue weighted by atomic mass is 16.2. The molecule has 0 radical (unpaired) electrons. The van der Waals surface area contributed by atoms with E-state index in [0.717, 1.165) is 0 Å². The van der Waals surface area contributed by atoms with Gasteiger partial charge in [0.1, 0.15) is 31.4 Å². The minimum absolute atomic E-state index is 0.112. The van der Waals surface area contributed by atoms with Crippen LogP contribution in [0, 0.1) is 0 Å². The van der Waals surface area contributed by atoms with Crippen LogP contribution in [0.1, 0.15) is 0 Å². The molecule has 2 N–H and O–H groups in total. The highest BCUT2D eigenvalue weighted by Gasteiger charge is 2.62. The maximum absolute atomic E-state index is 12.9. The molecule has 0 aliphatic carbocycles. The van der Waals surface area contributed by atoms with Crippen molar-refractivity contribution in [3.63, 3.8) is 0 Å². The van der Waals surface area contributed by atoms with Gasteiger partial charge in [-0.25, -0.2) is 0 Å². The van der Waals surface area contributed by atoms with Crippen LogP contribution in [0.15, 0.2) is 0 Å². The number of carbonyl (C=O) groups is 2. The molecule has 1 fully saturated rings. The molecular formula is C7H22B10N2O2. The van der Waals surface area contributed by atoms with Gasteiger partial charge in [-0.2, -0.15) is 0 Å². The van der Waals surface area contributed by atoms with E-state index in [4.69, 9.17) is 0 Å². The number of carbonyl (C=O) groups excluding carboxylic acids is 2. The number of rotatable bonds is 3. The number of nitrogens with one attached hydrogen (secondary N) is 2. The second-order valence-corrected chi connectivity index (χ2v) is 9.28. The highest BCUT2D eigenvalue weighted by Crippen LogP contribution is 2.61. The third-order valence-corrected chi connectivity index (χ3v) is 5.81. The summed E-state index contributed by atoms with van der Waals surface area (Å²) in [6.07, 6.45) is 0. The average Bonchev–Trinajstić information content (AvgIpc) is 2.21. The Balaban J connectivity index is 3.52. The molecule has 14 heteroatoms. The number of hydrogen-bond acceptors (Lipinski definition) is 2. The average molecular weight is 274 g/mol. The third-order valence-electron chi connectivity index (χ3n) is 5.81. The Bertz CT molecular complexity index is 469. The topological polar surface area (TPSA) is 58.2 Å². The van der Waals surface area contributed by atoms with Crippen molar-refractivity contribution in [1.82, 2.24) is 10.6 Å². The normalized spacial score (nSPS) is 26.7. The van der Waals surface area contributed by atoms with Crippen molar-refractivity contribution in [1.29, 1.82) is 0 Å². The molecule has 1 saturated heterocycles. The van der Waals surface area contributed by atoms with Crippen LogP contribution in [0.4, 0.5) is 0 Å². The summed E-state index contributed by atoms with van der Waals surface area (Å²) in [5.41, 5.74) is -0.962. The molecule has 102 valence electrons. The Morgan fingerprint density at radius 1 is 0.714 bits per heavy atom. The minimum atomic E-state index is -0.962. The predicted octanol–water partition coefficient (Wildman–Crippen LogP) is -10.8. The van der Waals surface area contributed by atoms with Gasteiger partial charge in [-0.05, 0) is 0 Å². The fourth-order valence-electron chi connectivity index (χ4n) is 3.88. The quantitative estimate of drug-likeness (QED) is 0.502. The van der Waals surface area contributed by atoms with Crippen molar-refractivity contribution < 1.29 is 9.59 Å². The van der Waals surface area contributed by atoms with Gasteiger partial charge in [-0.15, -0.1) is 10.2 Å². The lowest BCUT2D eigenvalue weighted by atomic mass is 9.11. The molecule has 1 aliphatic rings. The summed E-state index contributed by atoms with van der Waals surface area (Å²) in [6, 6.07) is 0. The molecule has 1 rings (SSSR count). The molecule has 1 unspecified atom stereocenters. The fraction of sp³-hybridized carbons (Fsp3) is 0.714. The SMILES string of the molecule is BC1(B)NC(=O)C(B)(C(B)(C(B)(B)B)C(B)(B)B)NC1=O. The van der Waals surface area contributed by atoms with Crippen LogP contribution < -0.4 is 10.6 Å². The van der Waals surface area contributed by atoms with Gasteiger partial charge in [0.25, 0.3) is 0 Å². The van der Waals surface area contributed by atoms with Gasteiger partial charge in [0, 0.05) is 0 Å². The Morgan fingerprint density at radius 2 is 1.10 bits per heavy atom. The van der Waals surface area contributed by atoms with E-state index in [9.17, 15) is 9.59 Å². The lowest BCUT2D eigenvalue weighted by Crippen LogP contribution is -2.81. The van der Waals surface area contributed by atoms with Gasteiger partial charge in [0.2, 0.25) is 11.8 Å². The molecule has 21 heavy (non-hydrogen) atoms. The molecule has 2 amide bonds. The molecule has 0 aromatic rings. The first-order valence-electron chi connectivity index (χ1n) is 7.66. The van der Waals surface area contributed by atoms with Gasteiger partial charge < -0.3 is 10.6 Å². The fourth-order valence-corrected chi connectivity index (χ4v) is 3.88. The first-order chi connectivity index (χ1) is 9.01. The standard InChI is InChI=1S/C7H22B10N2O2/c8-3(1(20)19-4(9,10)2(21)18-3)5(11,6(12,13)14)7(15,16)17/h8-17H2,(H,18,21)(H,19,20). The Morgan fingerprint density at radius 3 is 1.43 bits per heavy atom. The highest BCUT2D eigenvalue weighted by molar-refractivity contribution is 6.71. The van der Waals surface area contributed by atoms with Crippen LogP contribution in [0.3, 0.4) is 0 Å². The smallest absolute Gasteiger partial charge is 0.236 e. The molecule has 1 heterocycles. The minimum Gasteiger partial charge on any atom is -0.356 e. The summed E-state index contributed by atoms with van der Waals surface area (Å²) in [4.78, 5) is 25.3. The van der Waals surface area contributed by atoms with E-state index in [1.807, 2.05) is 7.85 Å². The van der Waals surface area contributed by atoms with Gasteiger partial charge in [-0.1, -0.05) is 5.31 Å². The van der Waals surface area contributed by atoms with E-state index in [0.29, 0.717) is 0 Å². The van der Waals surface area contributed by atoms with Gasteiger partial charge in [-0.3, -0.25) is 9.59 Å². The molecule has 1 atom stereocenters. The summed E-state index contributed by atoms with van der Waals surface area (Å²) in [6.45, 7) is 0. The Kier molecular flexibility index (Phi) is 4.25. The second-order valence-electron chi connectivity index (χ2n) is 9.28. The summed E-state index contributed by atoms with van der Waals surface area (Å²) >= 11 is 0. The first kappa shape index (κ1) is 18.6. The summed E-state index contributed by atoms with van der Waals surface area (Å²) < 4.78 is 0. The lowest BCUT2D eigenvalue weighted by molar-refractivity contribution is -0.139. The zero-order chi connectivity index (χ0) is 17.1. The summed E-state index contributed by atoms with van der Waals surface area (Å²) in [5, 5.41) is 4.27. The van der Waals surface area contributed by atoms with Crippen LogP contribution in [0.25, 0.3) is 0 Å². The maximum atomic E-state index is 12.9. The molecule has 0 bridgehead atoms. The molecule has 0 aromatic carbocycles. The van der Waals surface area contributed by atoms with E-state index >= 15 is 0 Å². The van der Waals surface area contributed by atoms with Gasteiger partial charge >= 0.3 is 0 Å². The van der Waals surface area contributed by atoms with Crippen LogP contribution in [0.5, 0.6) is 0 Å². The summed E-state index contributed by atoms with van der Waals surface area (Å²) in [5.74, 6) is -0.247. The number of hydrogen-bond donors (Lipinski definition) is 2. The number of amides is 2. The van der Waals surface area contributed by atoms with Crippen molar-refractivity contribution in [3.05, 3.63) is 0 Å². The third kappa shape index (κ3) is 2.57. The van der Waals surface area contributed by atoms with Crippen molar-refractivity contribution in [2.24, 2.45) is 0 Å². The van der Waals surface area contributed by atoms with Crippen molar-refractivity contribution in [2.45, 2.75) is 26.3 Å². The Labute approximate surface area is 137 Å².